The lowest BCUT2D eigenvalue weighted by atomic mass is 10.1. The first-order valence-electron chi connectivity index (χ1n) is 5.00. The zero-order valence-corrected chi connectivity index (χ0v) is 11.9. The Morgan fingerprint density at radius 3 is 2.76 bits per heavy atom. The molecule has 0 fully saturated rings. The van der Waals surface area contributed by atoms with E-state index in [-0.39, 0.29) is 18.2 Å². The molecule has 0 bridgehead atoms. The normalized spacial score (nSPS) is 12.5. The summed E-state index contributed by atoms with van der Waals surface area (Å²) in [6.07, 6.45) is 0. The molecular weight excluding hydrogens is 279 g/mol. The summed E-state index contributed by atoms with van der Waals surface area (Å²) < 4.78 is 0.924. The Labute approximate surface area is 115 Å². The molecule has 0 aliphatic carbocycles. The summed E-state index contributed by atoms with van der Waals surface area (Å²) in [7, 11) is 1.80. The van der Waals surface area contributed by atoms with Gasteiger partial charge in [-0.05, 0) is 20.0 Å². The molecule has 0 aromatic carbocycles. The minimum Gasteiger partial charge on any atom is -0.298 e. The highest BCUT2D eigenvalue weighted by atomic mass is 35.5. The summed E-state index contributed by atoms with van der Waals surface area (Å²) >= 11 is 12.9. The molecule has 1 unspecified atom stereocenters. The summed E-state index contributed by atoms with van der Waals surface area (Å²) in [4.78, 5) is 13.7. The van der Waals surface area contributed by atoms with E-state index in [1.165, 1.54) is 11.3 Å². The van der Waals surface area contributed by atoms with E-state index in [0.717, 1.165) is 0 Å². The van der Waals surface area contributed by atoms with Gasteiger partial charge < -0.3 is 0 Å². The maximum absolute atomic E-state index is 11.9. The lowest BCUT2D eigenvalue weighted by Gasteiger charge is -2.16. The smallest absolute Gasteiger partial charge is 0.179 e. The fraction of sp³-hybridized carbons (Fsp3) is 0.455. The number of hydrogen-bond acceptors (Lipinski definition) is 4. The standard InChI is InChI=1S/C11H12Cl2N2OS/c1-7(4-14)5-15(2)6-9(16)8-3-10(12)17-11(8)13/h3,7H,5-6H2,1-2H3. The summed E-state index contributed by atoms with van der Waals surface area (Å²) in [5, 5.41) is 8.68. The van der Waals surface area contributed by atoms with Gasteiger partial charge in [-0.2, -0.15) is 5.26 Å². The third-order valence-corrected chi connectivity index (χ3v) is 3.66. The van der Waals surface area contributed by atoms with E-state index in [1.807, 2.05) is 6.92 Å². The zero-order valence-electron chi connectivity index (χ0n) is 9.54. The molecule has 0 aliphatic rings. The number of hydrogen-bond donors (Lipinski definition) is 0. The van der Waals surface area contributed by atoms with Crippen LogP contribution < -0.4 is 0 Å². The number of Topliss-reactive ketones (excluding diaryl/α,β-unsaturated/α-hetero) is 1. The molecule has 1 aromatic rings. The van der Waals surface area contributed by atoms with Crippen LogP contribution in [0.25, 0.3) is 0 Å². The number of carbonyl (C=O) groups excluding carboxylic acids is 1. The molecule has 0 spiro atoms. The molecular formula is C11H12Cl2N2OS. The van der Waals surface area contributed by atoms with Gasteiger partial charge in [0.2, 0.25) is 0 Å². The van der Waals surface area contributed by atoms with Gasteiger partial charge in [-0.1, -0.05) is 23.2 Å². The third-order valence-electron chi connectivity index (χ3n) is 2.18. The van der Waals surface area contributed by atoms with Crippen molar-refractivity contribution in [1.29, 1.82) is 5.26 Å². The Hall–Kier alpha value is -0.600. The van der Waals surface area contributed by atoms with Crippen molar-refractivity contribution in [3.63, 3.8) is 0 Å². The zero-order chi connectivity index (χ0) is 13.0. The largest absolute Gasteiger partial charge is 0.298 e. The van der Waals surface area contributed by atoms with Crippen molar-refractivity contribution in [2.75, 3.05) is 20.1 Å². The Kier molecular flexibility index (Phi) is 5.41. The van der Waals surface area contributed by atoms with Crippen LogP contribution >= 0.6 is 34.5 Å². The van der Waals surface area contributed by atoms with Gasteiger partial charge in [0.05, 0.1) is 28.4 Å². The third kappa shape index (κ3) is 4.29. The van der Waals surface area contributed by atoms with E-state index in [1.54, 1.807) is 18.0 Å². The molecule has 1 aromatic heterocycles. The van der Waals surface area contributed by atoms with E-state index in [2.05, 4.69) is 6.07 Å². The van der Waals surface area contributed by atoms with Gasteiger partial charge in [0, 0.05) is 6.54 Å². The molecule has 0 radical (unpaired) electrons. The molecule has 1 atom stereocenters. The molecule has 0 N–H and O–H groups in total. The van der Waals surface area contributed by atoms with Crippen molar-refractivity contribution >= 4 is 40.3 Å². The number of ketones is 1. The lowest BCUT2D eigenvalue weighted by molar-refractivity contribution is 0.0943. The van der Waals surface area contributed by atoms with Crippen LogP contribution in [0.3, 0.4) is 0 Å². The predicted molar refractivity (Wildman–Crippen MR) is 70.9 cm³/mol. The second-order valence-corrected chi connectivity index (χ2v) is 6.17. The van der Waals surface area contributed by atoms with Crippen molar-refractivity contribution in [2.24, 2.45) is 5.92 Å². The maximum Gasteiger partial charge on any atom is 0.179 e. The Bertz CT molecular complexity index is 453. The molecule has 1 rings (SSSR count). The molecule has 1 heterocycles. The molecule has 17 heavy (non-hydrogen) atoms. The van der Waals surface area contributed by atoms with Crippen molar-refractivity contribution in [3.05, 3.63) is 20.3 Å². The second kappa shape index (κ2) is 6.36. The number of halogens is 2. The van der Waals surface area contributed by atoms with Crippen LogP contribution in [0.15, 0.2) is 6.07 Å². The van der Waals surface area contributed by atoms with Crippen LogP contribution in [-0.2, 0) is 0 Å². The van der Waals surface area contributed by atoms with E-state index < -0.39 is 0 Å². The highest BCUT2D eigenvalue weighted by Crippen LogP contribution is 2.31. The molecule has 0 saturated heterocycles. The number of thiophene rings is 1. The number of nitriles is 1. The second-order valence-electron chi connectivity index (χ2n) is 3.89. The summed E-state index contributed by atoms with van der Waals surface area (Å²) in [6, 6.07) is 3.71. The average molecular weight is 291 g/mol. The summed E-state index contributed by atoms with van der Waals surface area (Å²) in [6.45, 7) is 2.60. The van der Waals surface area contributed by atoms with Gasteiger partial charge in [0.25, 0.3) is 0 Å². The van der Waals surface area contributed by atoms with Gasteiger partial charge in [-0.15, -0.1) is 11.3 Å². The number of rotatable bonds is 5. The summed E-state index contributed by atoms with van der Waals surface area (Å²) in [5.74, 6) is -0.180. The van der Waals surface area contributed by atoms with Crippen molar-refractivity contribution in [1.82, 2.24) is 4.90 Å². The molecule has 6 heteroatoms. The topological polar surface area (TPSA) is 44.1 Å². The van der Waals surface area contributed by atoms with E-state index in [4.69, 9.17) is 28.5 Å². The molecule has 3 nitrogen and oxygen atoms in total. The number of carbonyl (C=O) groups is 1. The number of nitrogens with zero attached hydrogens (tertiary/aromatic N) is 2. The lowest BCUT2D eigenvalue weighted by Crippen LogP contribution is -2.29. The van der Waals surface area contributed by atoms with Gasteiger partial charge in [-0.3, -0.25) is 9.69 Å². The van der Waals surface area contributed by atoms with Crippen molar-refractivity contribution < 1.29 is 4.79 Å². The first kappa shape index (κ1) is 14.5. The van der Waals surface area contributed by atoms with Gasteiger partial charge in [0.15, 0.2) is 5.78 Å². The molecule has 0 amide bonds. The molecule has 0 aliphatic heterocycles. The minimum atomic E-state index is -0.102. The SMILES string of the molecule is CC(C#N)CN(C)CC(=O)c1cc(Cl)sc1Cl. The highest BCUT2D eigenvalue weighted by molar-refractivity contribution is 7.20. The predicted octanol–water partition coefficient (Wildman–Crippen LogP) is 3.33. The quantitative estimate of drug-likeness (QED) is 0.782. The van der Waals surface area contributed by atoms with E-state index in [0.29, 0.717) is 20.8 Å². The average Bonchev–Trinajstić information content (AvgIpc) is 2.57. The fourth-order valence-electron chi connectivity index (χ4n) is 1.43. The van der Waals surface area contributed by atoms with Crippen LogP contribution in [0, 0.1) is 17.2 Å². The van der Waals surface area contributed by atoms with Crippen LogP contribution in [0.1, 0.15) is 17.3 Å². The monoisotopic (exact) mass is 290 g/mol. The van der Waals surface area contributed by atoms with Crippen molar-refractivity contribution in [3.8, 4) is 6.07 Å². The first-order valence-corrected chi connectivity index (χ1v) is 6.57. The summed E-state index contributed by atoms with van der Waals surface area (Å²) in [5.41, 5.74) is 0.457. The van der Waals surface area contributed by atoms with E-state index >= 15 is 0 Å². The molecule has 92 valence electrons. The van der Waals surface area contributed by atoms with Gasteiger partial charge >= 0.3 is 0 Å². The van der Waals surface area contributed by atoms with Gasteiger partial charge in [-0.25, -0.2) is 0 Å². The van der Waals surface area contributed by atoms with Crippen molar-refractivity contribution in [2.45, 2.75) is 6.92 Å². The Balaban J connectivity index is 2.61. The Morgan fingerprint density at radius 2 is 2.29 bits per heavy atom. The number of likely N-dealkylation sites (N-methyl/N-ethyl adjacent to an activating group) is 1. The van der Waals surface area contributed by atoms with Crippen LogP contribution in [0.4, 0.5) is 0 Å². The van der Waals surface area contributed by atoms with Crippen LogP contribution in [0.2, 0.25) is 8.67 Å². The van der Waals surface area contributed by atoms with Crippen LogP contribution in [0.5, 0.6) is 0 Å². The Morgan fingerprint density at radius 1 is 1.65 bits per heavy atom. The molecule has 0 saturated carbocycles. The maximum atomic E-state index is 11.9. The minimum absolute atomic E-state index is 0.0780. The highest BCUT2D eigenvalue weighted by Gasteiger charge is 2.16. The first-order chi connectivity index (χ1) is 7.93. The van der Waals surface area contributed by atoms with E-state index in [9.17, 15) is 4.79 Å². The van der Waals surface area contributed by atoms with Crippen LogP contribution in [-0.4, -0.2) is 30.8 Å². The van der Waals surface area contributed by atoms with Gasteiger partial charge in [0.1, 0.15) is 4.34 Å². The fourth-order valence-corrected chi connectivity index (χ4v) is 2.93.